The Morgan fingerprint density at radius 3 is 2.41 bits per heavy atom. The number of hydrogen-bond acceptors (Lipinski definition) is 5. The van der Waals surface area contributed by atoms with Crippen LogP contribution < -0.4 is 14.4 Å². The molecule has 0 radical (unpaired) electrons. The fraction of sp³-hybridized carbons (Fsp3) is 0.316. The van der Waals surface area contributed by atoms with E-state index in [1.54, 1.807) is 43.5 Å². The van der Waals surface area contributed by atoms with Gasteiger partial charge in [-0.05, 0) is 24.3 Å². The number of nitrogens with zero attached hydrogens (tertiary/aromatic N) is 1. The average Bonchev–Trinajstić information content (AvgIpc) is 2.63. The van der Waals surface area contributed by atoms with E-state index in [0.717, 1.165) is 6.26 Å². The number of anilines is 1. The largest absolute Gasteiger partial charge is 0.455 e. The van der Waals surface area contributed by atoms with Crippen LogP contribution in [0.1, 0.15) is 6.42 Å². The molecule has 0 aliphatic rings. The lowest BCUT2D eigenvalue weighted by atomic mass is 10.2. The molecule has 2 aromatic carbocycles. The fourth-order valence-electron chi connectivity index (χ4n) is 2.41. The Labute approximate surface area is 160 Å². The first-order valence-electron chi connectivity index (χ1n) is 8.47. The van der Waals surface area contributed by atoms with Gasteiger partial charge in [0, 0.05) is 26.6 Å². The number of carbonyl (C=O) groups excluding carboxylic acids is 1. The highest BCUT2D eigenvalue weighted by atomic mass is 32.2. The van der Waals surface area contributed by atoms with Crippen molar-refractivity contribution in [1.82, 2.24) is 5.32 Å². The molecule has 146 valence electrons. The number of amides is 1. The third kappa shape index (κ3) is 6.58. The molecule has 8 heteroatoms. The van der Waals surface area contributed by atoms with Crippen molar-refractivity contribution in [2.75, 3.05) is 37.4 Å². The first kappa shape index (κ1) is 20.7. The van der Waals surface area contributed by atoms with Crippen LogP contribution in [0.5, 0.6) is 11.5 Å². The third-order valence-corrected chi connectivity index (χ3v) is 4.86. The van der Waals surface area contributed by atoms with Crippen molar-refractivity contribution in [3.05, 3.63) is 54.6 Å². The molecule has 0 saturated heterocycles. The number of para-hydroxylation sites is 3. The van der Waals surface area contributed by atoms with Crippen molar-refractivity contribution in [3.8, 4) is 11.5 Å². The predicted molar refractivity (Wildman–Crippen MR) is 105 cm³/mol. The normalized spacial score (nSPS) is 11.0. The number of ether oxygens (including phenoxy) is 2. The SMILES string of the molecule is COCCNC(=O)CCN(c1ccccc1Oc1ccccc1)S(C)(=O)=O. The van der Waals surface area contributed by atoms with E-state index in [4.69, 9.17) is 9.47 Å². The summed E-state index contributed by atoms with van der Waals surface area (Å²) in [4.78, 5) is 11.9. The van der Waals surface area contributed by atoms with E-state index in [2.05, 4.69) is 5.32 Å². The maximum atomic E-state index is 12.3. The van der Waals surface area contributed by atoms with Crippen LogP contribution in [-0.4, -0.2) is 47.4 Å². The minimum absolute atomic E-state index is 0.00676. The van der Waals surface area contributed by atoms with E-state index in [1.807, 2.05) is 18.2 Å². The van der Waals surface area contributed by atoms with Gasteiger partial charge in [0.2, 0.25) is 15.9 Å². The third-order valence-electron chi connectivity index (χ3n) is 3.68. The summed E-state index contributed by atoms with van der Waals surface area (Å²) in [6.07, 6.45) is 1.13. The van der Waals surface area contributed by atoms with Crippen LogP contribution in [0.2, 0.25) is 0 Å². The zero-order valence-electron chi connectivity index (χ0n) is 15.4. The summed E-state index contributed by atoms with van der Waals surface area (Å²) in [5, 5.41) is 2.68. The number of sulfonamides is 1. The van der Waals surface area contributed by atoms with Gasteiger partial charge in [0.1, 0.15) is 5.75 Å². The minimum atomic E-state index is -3.60. The van der Waals surface area contributed by atoms with Crippen LogP contribution in [-0.2, 0) is 19.6 Å². The molecule has 0 bridgehead atoms. The van der Waals surface area contributed by atoms with Gasteiger partial charge in [-0.2, -0.15) is 0 Å². The first-order chi connectivity index (χ1) is 12.9. The Hall–Kier alpha value is -2.58. The van der Waals surface area contributed by atoms with Crippen LogP contribution in [0.25, 0.3) is 0 Å². The standard InChI is InChI=1S/C19H24N2O5S/c1-25-15-13-20-19(22)12-14-21(27(2,23)24)17-10-6-7-11-18(17)26-16-8-4-3-5-9-16/h3-11H,12-15H2,1-2H3,(H,20,22). The minimum Gasteiger partial charge on any atom is -0.455 e. The molecule has 0 heterocycles. The molecule has 1 amide bonds. The van der Waals surface area contributed by atoms with E-state index in [9.17, 15) is 13.2 Å². The zero-order valence-corrected chi connectivity index (χ0v) is 16.2. The van der Waals surface area contributed by atoms with Gasteiger partial charge in [-0.1, -0.05) is 30.3 Å². The fourth-order valence-corrected chi connectivity index (χ4v) is 3.34. The van der Waals surface area contributed by atoms with Gasteiger partial charge in [-0.25, -0.2) is 8.42 Å². The van der Waals surface area contributed by atoms with Crippen molar-refractivity contribution in [1.29, 1.82) is 0 Å². The van der Waals surface area contributed by atoms with Crippen molar-refractivity contribution in [2.45, 2.75) is 6.42 Å². The summed E-state index contributed by atoms with van der Waals surface area (Å²) < 4.78 is 36.6. The maximum Gasteiger partial charge on any atom is 0.232 e. The Bertz CT molecular complexity index is 840. The van der Waals surface area contributed by atoms with Crippen LogP contribution in [0.3, 0.4) is 0 Å². The molecule has 0 aliphatic carbocycles. The molecule has 2 rings (SSSR count). The second-order valence-electron chi connectivity index (χ2n) is 5.81. The molecule has 0 aromatic heterocycles. The van der Waals surface area contributed by atoms with Crippen molar-refractivity contribution in [3.63, 3.8) is 0 Å². The van der Waals surface area contributed by atoms with Gasteiger partial charge in [-0.3, -0.25) is 9.10 Å². The van der Waals surface area contributed by atoms with Crippen LogP contribution in [0, 0.1) is 0 Å². The number of carbonyl (C=O) groups is 1. The van der Waals surface area contributed by atoms with Gasteiger partial charge >= 0.3 is 0 Å². The van der Waals surface area contributed by atoms with E-state index < -0.39 is 10.0 Å². The number of hydrogen-bond donors (Lipinski definition) is 1. The Kier molecular flexibility index (Phi) is 7.63. The van der Waals surface area contributed by atoms with Crippen molar-refractivity contribution in [2.24, 2.45) is 0 Å². The lowest BCUT2D eigenvalue weighted by molar-refractivity contribution is -0.121. The van der Waals surface area contributed by atoms with Gasteiger partial charge in [0.15, 0.2) is 5.75 Å². The van der Waals surface area contributed by atoms with E-state index in [-0.39, 0.29) is 18.9 Å². The van der Waals surface area contributed by atoms with Crippen LogP contribution in [0.4, 0.5) is 5.69 Å². The summed E-state index contributed by atoms with van der Waals surface area (Å²) in [7, 11) is -2.06. The molecule has 0 unspecified atom stereocenters. The summed E-state index contributed by atoms with van der Waals surface area (Å²) in [6, 6.07) is 15.9. The first-order valence-corrected chi connectivity index (χ1v) is 10.3. The summed E-state index contributed by atoms with van der Waals surface area (Å²) in [5.74, 6) is 0.742. The quantitative estimate of drug-likeness (QED) is 0.628. The maximum absolute atomic E-state index is 12.3. The van der Waals surface area contributed by atoms with Crippen molar-refractivity contribution < 1.29 is 22.7 Å². The summed E-state index contributed by atoms with van der Waals surface area (Å²) in [6.45, 7) is 0.782. The molecule has 0 saturated carbocycles. The Morgan fingerprint density at radius 1 is 1.07 bits per heavy atom. The molecule has 0 spiro atoms. The van der Waals surface area contributed by atoms with Crippen LogP contribution in [0.15, 0.2) is 54.6 Å². The molecular weight excluding hydrogens is 368 g/mol. The number of nitrogens with one attached hydrogen (secondary N) is 1. The molecule has 0 atom stereocenters. The van der Waals surface area contributed by atoms with Crippen LogP contribution >= 0.6 is 0 Å². The Morgan fingerprint density at radius 2 is 1.74 bits per heavy atom. The summed E-state index contributed by atoms with van der Waals surface area (Å²) in [5.41, 5.74) is 0.383. The molecule has 2 aromatic rings. The van der Waals surface area contributed by atoms with Gasteiger partial charge in [0.05, 0.1) is 18.6 Å². The van der Waals surface area contributed by atoms with E-state index in [1.165, 1.54) is 4.31 Å². The number of benzene rings is 2. The summed E-state index contributed by atoms with van der Waals surface area (Å²) >= 11 is 0. The second kappa shape index (κ2) is 9.94. The molecule has 27 heavy (non-hydrogen) atoms. The lowest BCUT2D eigenvalue weighted by Gasteiger charge is -2.24. The van der Waals surface area contributed by atoms with Gasteiger partial charge in [0.25, 0.3) is 0 Å². The number of methoxy groups -OCH3 is 1. The average molecular weight is 392 g/mol. The molecule has 1 N–H and O–H groups in total. The monoisotopic (exact) mass is 392 g/mol. The van der Waals surface area contributed by atoms with E-state index >= 15 is 0 Å². The topological polar surface area (TPSA) is 84.9 Å². The van der Waals surface area contributed by atoms with Gasteiger partial charge in [-0.15, -0.1) is 0 Å². The zero-order chi connectivity index (χ0) is 19.7. The molecule has 0 fully saturated rings. The highest BCUT2D eigenvalue weighted by molar-refractivity contribution is 7.92. The van der Waals surface area contributed by atoms with Crippen molar-refractivity contribution >= 4 is 21.6 Å². The highest BCUT2D eigenvalue weighted by Gasteiger charge is 2.22. The second-order valence-corrected chi connectivity index (χ2v) is 7.72. The highest BCUT2D eigenvalue weighted by Crippen LogP contribution is 2.33. The predicted octanol–water partition coefficient (Wildman–Crippen LogP) is 2.40. The number of rotatable bonds is 10. The molecule has 0 aliphatic heterocycles. The smallest absolute Gasteiger partial charge is 0.232 e. The molecule has 7 nitrogen and oxygen atoms in total. The molecular formula is C19H24N2O5S. The lowest BCUT2D eigenvalue weighted by Crippen LogP contribution is -2.35. The Balaban J connectivity index is 2.18. The van der Waals surface area contributed by atoms with Gasteiger partial charge < -0.3 is 14.8 Å². The van der Waals surface area contributed by atoms with E-state index in [0.29, 0.717) is 30.3 Å².